The van der Waals surface area contributed by atoms with Gasteiger partial charge < -0.3 is 5.32 Å². The zero-order valence-electron chi connectivity index (χ0n) is 14.6. The maximum atomic E-state index is 4.84. The van der Waals surface area contributed by atoms with E-state index >= 15 is 0 Å². The van der Waals surface area contributed by atoms with Crippen molar-refractivity contribution in [2.24, 2.45) is 5.92 Å². The van der Waals surface area contributed by atoms with Crippen molar-refractivity contribution in [3.63, 3.8) is 0 Å². The number of hydrogen-bond donors (Lipinski definition) is 1. The summed E-state index contributed by atoms with van der Waals surface area (Å²) in [5, 5.41) is 6.63. The summed E-state index contributed by atoms with van der Waals surface area (Å²) >= 11 is 1.76. The molecule has 24 heavy (non-hydrogen) atoms. The van der Waals surface area contributed by atoms with Crippen LogP contribution >= 0.6 is 23.7 Å². The predicted molar refractivity (Wildman–Crippen MR) is 106 cm³/mol. The fourth-order valence-corrected chi connectivity index (χ4v) is 4.04. The highest BCUT2D eigenvalue weighted by molar-refractivity contribution is 7.13. The van der Waals surface area contributed by atoms with Gasteiger partial charge in [0.15, 0.2) is 0 Å². The Morgan fingerprint density at radius 3 is 2.58 bits per heavy atom. The van der Waals surface area contributed by atoms with Crippen molar-refractivity contribution in [3.05, 3.63) is 40.9 Å². The third-order valence-electron chi connectivity index (χ3n) is 4.75. The van der Waals surface area contributed by atoms with E-state index in [0.29, 0.717) is 0 Å². The van der Waals surface area contributed by atoms with Crippen LogP contribution in [0.4, 0.5) is 0 Å². The Kier molecular flexibility index (Phi) is 7.69. The van der Waals surface area contributed by atoms with Gasteiger partial charge in [-0.2, -0.15) is 0 Å². The Bertz CT molecular complexity index is 603. The zero-order valence-corrected chi connectivity index (χ0v) is 16.3. The number of aryl methyl sites for hydroxylation is 1. The van der Waals surface area contributed by atoms with Crippen LogP contribution in [-0.4, -0.2) is 36.6 Å². The minimum absolute atomic E-state index is 0. The molecule has 1 fully saturated rings. The Labute approximate surface area is 155 Å². The maximum Gasteiger partial charge on any atom is 0.123 e. The molecule has 2 aromatic rings. The fraction of sp³-hybridized carbons (Fsp3) is 0.526. The number of aromatic nitrogens is 1. The first-order valence-electron chi connectivity index (χ1n) is 8.63. The second-order valence-corrected chi connectivity index (χ2v) is 7.48. The quantitative estimate of drug-likeness (QED) is 0.824. The predicted octanol–water partition coefficient (Wildman–Crippen LogP) is 4.36. The number of thiazole rings is 1. The van der Waals surface area contributed by atoms with Crippen molar-refractivity contribution in [2.45, 2.75) is 32.7 Å². The number of nitrogens with zero attached hydrogens (tertiary/aromatic N) is 2. The molecule has 0 bridgehead atoms. The lowest BCUT2D eigenvalue weighted by molar-refractivity contribution is 0.171. The largest absolute Gasteiger partial charge is 0.320 e. The van der Waals surface area contributed by atoms with E-state index in [4.69, 9.17) is 4.98 Å². The van der Waals surface area contributed by atoms with Crippen molar-refractivity contribution in [1.82, 2.24) is 15.2 Å². The second kappa shape index (κ2) is 9.52. The SMILES string of the molecule is CNCCC1CCN(Cc2csc(-c3ccc(C)cc3)n2)CC1.Cl. The molecule has 0 unspecified atom stereocenters. The van der Waals surface area contributed by atoms with E-state index in [2.05, 4.69) is 46.8 Å². The topological polar surface area (TPSA) is 28.2 Å². The van der Waals surface area contributed by atoms with E-state index in [-0.39, 0.29) is 12.4 Å². The number of piperidine rings is 1. The number of rotatable bonds is 6. The van der Waals surface area contributed by atoms with E-state index in [0.717, 1.165) is 24.0 Å². The van der Waals surface area contributed by atoms with Crippen LogP contribution in [0.15, 0.2) is 29.6 Å². The molecule has 3 nitrogen and oxygen atoms in total. The Balaban J connectivity index is 0.00000208. The molecule has 0 radical (unpaired) electrons. The summed E-state index contributed by atoms with van der Waals surface area (Å²) in [5.74, 6) is 0.900. The van der Waals surface area contributed by atoms with Crippen molar-refractivity contribution in [3.8, 4) is 10.6 Å². The van der Waals surface area contributed by atoms with E-state index in [1.165, 1.54) is 49.2 Å². The molecule has 5 heteroatoms. The first kappa shape index (κ1) is 19.4. The first-order chi connectivity index (χ1) is 11.2. The van der Waals surface area contributed by atoms with Crippen LogP contribution in [0, 0.1) is 12.8 Å². The molecule has 2 heterocycles. The molecule has 3 rings (SSSR count). The highest BCUT2D eigenvalue weighted by Crippen LogP contribution is 2.26. The molecular weight excluding hydrogens is 338 g/mol. The van der Waals surface area contributed by atoms with Crippen LogP contribution in [0.2, 0.25) is 0 Å². The summed E-state index contributed by atoms with van der Waals surface area (Å²) < 4.78 is 0. The number of nitrogens with one attached hydrogen (secondary N) is 1. The van der Waals surface area contributed by atoms with Crippen molar-refractivity contribution in [1.29, 1.82) is 0 Å². The number of halogens is 1. The van der Waals surface area contributed by atoms with E-state index in [1.54, 1.807) is 11.3 Å². The highest BCUT2D eigenvalue weighted by Gasteiger charge is 2.19. The van der Waals surface area contributed by atoms with Gasteiger partial charge in [-0.3, -0.25) is 4.90 Å². The van der Waals surface area contributed by atoms with Gasteiger partial charge >= 0.3 is 0 Å². The molecule has 1 aliphatic heterocycles. The average Bonchev–Trinajstić information content (AvgIpc) is 3.03. The van der Waals surface area contributed by atoms with Crippen molar-refractivity contribution < 1.29 is 0 Å². The van der Waals surface area contributed by atoms with Crippen LogP contribution in [-0.2, 0) is 6.54 Å². The zero-order chi connectivity index (χ0) is 16.1. The van der Waals surface area contributed by atoms with Gasteiger partial charge in [0.2, 0.25) is 0 Å². The molecule has 0 amide bonds. The average molecular weight is 366 g/mol. The van der Waals surface area contributed by atoms with Crippen LogP contribution < -0.4 is 5.32 Å². The number of benzene rings is 1. The first-order valence-corrected chi connectivity index (χ1v) is 9.51. The van der Waals surface area contributed by atoms with Gasteiger partial charge in [-0.25, -0.2) is 4.98 Å². The maximum absolute atomic E-state index is 4.84. The summed E-state index contributed by atoms with van der Waals surface area (Å²) in [4.78, 5) is 7.40. The molecule has 0 spiro atoms. The number of hydrogen-bond acceptors (Lipinski definition) is 4. The van der Waals surface area contributed by atoms with Gasteiger partial charge in [0, 0.05) is 17.5 Å². The van der Waals surface area contributed by atoms with E-state index in [9.17, 15) is 0 Å². The monoisotopic (exact) mass is 365 g/mol. The standard InChI is InChI=1S/C19H27N3S.ClH/c1-15-3-5-17(6-4-15)19-21-18(14-23-19)13-22-11-8-16(9-12-22)7-10-20-2;/h3-6,14,16,20H,7-13H2,1-2H3;1H. The summed E-state index contributed by atoms with van der Waals surface area (Å²) in [5.41, 5.74) is 3.75. The van der Waals surface area contributed by atoms with E-state index < -0.39 is 0 Å². The molecule has 0 aliphatic carbocycles. The smallest absolute Gasteiger partial charge is 0.123 e. The lowest BCUT2D eigenvalue weighted by Gasteiger charge is -2.31. The summed E-state index contributed by atoms with van der Waals surface area (Å²) in [7, 11) is 2.04. The van der Waals surface area contributed by atoms with Gasteiger partial charge in [-0.05, 0) is 58.8 Å². The second-order valence-electron chi connectivity index (χ2n) is 6.62. The molecule has 1 aromatic heterocycles. The molecule has 1 aromatic carbocycles. The summed E-state index contributed by atoms with van der Waals surface area (Å²) in [6, 6.07) is 8.66. The van der Waals surface area contributed by atoms with Crippen LogP contribution in [0.5, 0.6) is 0 Å². The Hall–Kier alpha value is -0.940. The van der Waals surface area contributed by atoms with Crippen molar-refractivity contribution in [2.75, 3.05) is 26.7 Å². The van der Waals surface area contributed by atoms with Gasteiger partial charge in [-0.15, -0.1) is 23.7 Å². The molecule has 1 saturated heterocycles. The third-order valence-corrected chi connectivity index (χ3v) is 5.69. The molecule has 0 atom stereocenters. The minimum atomic E-state index is 0. The summed E-state index contributed by atoms with van der Waals surface area (Å²) in [6.45, 7) is 6.70. The third kappa shape index (κ3) is 5.28. The van der Waals surface area contributed by atoms with Crippen molar-refractivity contribution >= 4 is 23.7 Å². The van der Waals surface area contributed by atoms with Crippen LogP contribution in [0.25, 0.3) is 10.6 Å². The molecule has 0 saturated carbocycles. The molecular formula is C19H28ClN3S. The number of likely N-dealkylation sites (tertiary alicyclic amines) is 1. The molecule has 1 N–H and O–H groups in total. The van der Waals surface area contributed by atoms with Gasteiger partial charge in [0.05, 0.1) is 5.69 Å². The van der Waals surface area contributed by atoms with Gasteiger partial charge in [-0.1, -0.05) is 29.8 Å². The van der Waals surface area contributed by atoms with Crippen LogP contribution in [0.1, 0.15) is 30.5 Å². The molecule has 1 aliphatic rings. The van der Waals surface area contributed by atoms with Gasteiger partial charge in [0.1, 0.15) is 5.01 Å². The lowest BCUT2D eigenvalue weighted by atomic mass is 9.93. The van der Waals surface area contributed by atoms with Gasteiger partial charge in [0.25, 0.3) is 0 Å². The lowest BCUT2D eigenvalue weighted by Crippen LogP contribution is -2.34. The van der Waals surface area contributed by atoms with E-state index in [1.807, 2.05) is 7.05 Å². The Morgan fingerprint density at radius 2 is 1.92 bits per heavy atom. The van der Waals surface area contributed by atoms with Crippen LogP contribution in [0.3, 0.4) is 0 Å². The molecule has 132 valence electrons. The summed E-state index contributed by atoms with van der Waals surface area (Å²) in [6.07, 6.45) is 3.98. The Morgan fingerprint density at radius 1 is 1.21 bits per heavy atom. The highest BCUT2D eigenvalue weighted by atomic mass is 35.5. The fourth-order valence-electron chi connectivity index (χ4n) is 3.22. The normalized spacial score (nSPS) is 16.1. The minimum Gasteiger partial charge on any atom is -0.320 e.